The minimum absolute atomic E-state index is 0.0623. The average Bonchev–Trinajstić information content (AvgIpc) is 3.39. The van der Waals surface area contributed by atoms with Crippen LogP contribution in [0.15, 0.2) is 47.5 Å². The number of benzene rings is 2. The predicted molar refractivity (Wildman–Crippen MR) is 148 cm³/mol. The molecule has 2 aromatic carbocycles. The molecule has 1 unspecified atom stereocenters. The normalized spacial score (nSPS) is 16.5. The van der Waals surface area contributed by atoms with Crippen molar-refractivity contribution in [3.8, 4) is 28.6 Å². The number of methoxy groups -OCH3 is 1. The van der Waals surface area contributed by atoms with Gasteiger partial charge in [-0.1, -0.05) is 13.3 Å². The van der Waals surface area contributed by atoms with Crippen LogP contribution >= 0.6 is 0 Å². The Morgan fingerprint density at radius 1 is 1.15 bits per heavy atom. The summed E-state index contributed by atoms with van der Waals surface area (Å²) >= 11 is 0. The molecule has 11 heteroatoms. The molecule has 1 saturated heterocycles. The lowest BCUT2D eigenvalue weighted by molar-refractivity contribution is -0.168. The van der Waals surface area contributed by atoms with Gasteiger partial charge in [0.15, 0.2) is 11.5 Å². The van der Waals surface area contributed by atoms with Crippen molar-refractivity contribution in [3.63, 3.8) is 0 Å². The number of carbonyl (C=O) groups excluding carboxylic acids is 2. The van der Waals surface area contributed by atoms with Gasteiger partial charge in [0.05, 0.1) is 36.7 Å². The number of unbranched alkanes of at least 4 members (excludes halogenated alkanes) is 1. The summed E-state index contributed by atoms with van der Waals surface area (Å²) in [5.41, 5.74) is 1.90. The fourth-order valence-electron chi connectivity index (χ4n) is 4.71. The number of ether oxygens (including phenoxy) is 4. The van der Waals surface area contributed by atoms with Gasteiger partial charge in [-0.05, 0) is 56.5 Å². The number of esters is 1. The van der Waals surface area contributed by atoms with Crippen molar-refractivity contribution < 1.29 is 32.9 Å². The zero-order valence-electron chi connectivity index (χ0n) is 23.1. The summed E-state index contributed by atoms with van der Waals surface area (Å²) in [6.45, 7) is 4.57. The molecule has 2 atom stereocenters. The van der Waals surface area contributed by atoms with Gasteiger partial charge in [0.1, 0.15) is 11.6 Å². The van der Waals surface area contributed by atoms with Crippen LogP contribution < -0.4 is 14.2 Å². The first-order chi connectivity index (χ1) is 19.9. The average molecular weight is 563 g/mol. The van der Waals surface area contributed by atoms with Crippen LogP contribution in [0.25, 0.3) is 11.3 Å². The number of hydrogen-bond donors (Lipinski definition) is 0. The van der Waals surface area contributed by atoms with Crippen LogP contribution in [-0.4, -0.2) is 65.6 Å². The molecule has 10 nitrogen and oxygen atoms in total. The Balaban J connectivity index is 1.40. The van der Waals surface area contributed by atoms with E-state index in [0.29, 0.717) is 41.3 Å². The molecule has 214 valence electrons. The van der Waals surface area contributed by atoms with Crippen LogP contribution in [0, 0.1) is 12.7 Å². The van der Waals surface area contributed by atoms with E-state index in [2.05, 4.69) is 15.0 Å². The molecule has 1 fully saturated rings. The Kier molecular flexibility index (Phi) is 8.53. The van der Waals surface area contributed by atoms with Crippen molar-refractivity contribution in [3.05, 3.63) is 59.7 Å². The number of rotatable bonds is 10. The summed E-state index contributed by atoms with van der Waals surface area (Å²) in [6.07, 6.45) is 3.59. The summed E-state index contributed by atoms with van der Waals surface area (Å²) < 4.78 is 36.2. The topological polar surface area (TPSA) is 112 Å². The molecular formula is C30H31FN4O6. The maximum Gasteiger partial charge on any atom is 0.381 e. The molecular weight excluding hydrogens is 531 g/mol. The van der Waals surface area contributed by atoms with E-state index in [9.17, 15) is 14.0 Å². The van der Waals surface area contributed by atoms with Crippen molar-refractivity contribution in [2.75, 3.05) is 20.3 Å². The van der Waals surface area contributed by atoms with Crippen LogP contribution in [0.1, 0.15) is 48.8 Å². The van der Waals surface area contributed by atoms with Crippen LogP contribution in [-0.2, 0) is 9.53 Å². The van der Waals surface area contributed by atoms with Gasteiger partial charge < -0.3 is 23.8 Å². The first-order valence-electron chi connectivity index (χ1n) is 13.5. The molecule has 3 heterocycles. The largest absolute Gasteiger partial charge is 0.493 e. The van der Waals surface area contributed by atoms with E-state index in [1.165, 1.54) is 31.4 Å². The molecule has 0 aliphatic carbocycles. The molecule has 2 aliphatic rings. The number of aliphatic imine (C=N–C) groups is 1. The SMILES string of the molecule is CCCCOC(Oc1cc(-c2ccc(F)cc2)nc(C)n1)C(=O)Oc1cc2c(cc1OC)C(=O)N1CCC[C@H]1C=N2. The van der Waals surface area contributed by atoms with Gasteiger partial charge in [-0.25, -0.2) is 14.2 Å². The second-order valence-corrected chi connectivity index (χ2v) is 9.75. The number of carbonyl (C=O) groups is 2. The Bertz CT molecular complexity index is 1460. The standard InChI is InChI=1S/C30H31FN4O6/c1-4-5-13-39-30(41-27-16-23(33-18(2)34-27)19-8-10-20(31)11-9-19)29(37)40-26-15-24-22(14-25(26)38-3)28(36)35-12-6-7-21(35)17-32-24/h8-11,14-17,21,30H,4-7,12-13H2,1-3H3/t21-,30?/m0/s1. The van der Waals surface area contributed by atoms with Crippen LogP contribution in [0.4, 0.5) is 10.1 Å². The quantitative estimate of drug-likeness (QED) is 0.146. The molecule has 1 aromatic heterocycles. The molecule has 0 radical (unpaired) electrons. The lowest BCUT2D eigenvalue weighted by atomic mass is 10.1. The molecule has 41 heavy (non-hydrogen) atoms. The number of aromatic nitrogens is 2. The van der Waals surface area contributed by atoms with E-state index in [0.717, 1.165) is 19.3 Å². The second kappa shape index (κ2) is 12.4. The van der Waals surface area contributed by atoms with Crippen LogP contribution in [0.2, 0.25) is 0 Å². The molecule has 3 aromatic rings. The molecule has 0 N–H and O–H groups in total. The monoisotopic (exact) mass is 562 g/mol. The number of nitrogens with zero attached hydrogens (tertiary/aromatic N) is 4. The summed E-state index contributed by atoms with van der Waals surface area (Å²) in [4.78, 5) is 41.5. The van der Waals surface area contributed by atoms with E-state index in [1.807, 2.05) is 6.92 Å². The third-order valence-corrected chi connectivity index (χ3v) is 6.81. The maximum atomic E-state index is 13.4. The van der Waals surface area contributed by atoms with Crippen molar-refractivity contribution in [1.82, 2.24) is 14.9 Å². The highest BCUT2D eigenvalue weighted by molar-refractivity contribution is 6.03. The number of hydrogen-bond acceptors (Lipinski definition) is 9. The molecule has 1 amide bonds. The lowest BCUT2D eigenvalue weighted by Gasteiger charge is -2.21. The van der Waals surface area contributed by atoms with Crippen molar-refractivity contribution in [2.45, 2.75) is 51.9 Å². The molecule has 0 saturated carbocycles. The maximum absolute atomic E-state index is 13.4. The fourth-order valence-corrected chi connectivity index (χ4v) is 4.71. The Morgan fingerprint density at radius 2 is 1.95 bits per heavy atom. The fraction of sp³-hybridized carbons (Fsp3) is 0.367. The summed E-state index contributed by atoms with van der Waals surface area (Å²) in [5.74, 6) is -0.617. The van der Waals surface area contributed by atoms with Crippen molar-refractivity contribution in [1.29, 1.82) is 0 Å². The minimum atomic E-state index is -1.46. The summed E-state index contributed by atoms with van der Waals surface area (Å²) in [6, 6.07) is 10.4. The summed E-state index contributed by atoms with van der Waals surface area (Å²) in [7, 11) is 1.43. The van der Waals surface area contributed by atoms with Gasteiger partial charge in [-0.15, -0.1) is 0 Å². The third kappa shape index (κ3) is 6.35. The molecule has 0 bridgehead atoms. The zero-order valence-corrected chi connectivity index (χ0v) is 23.1. The second-order valence-electron chi connectivity index (χ2n) is 9.75. The van der Waals surface area contributed by atoms with Crippen LogP contribution in [0.5, 0.6) is 17.4 Å². The van der Waals surface area contributed by atoms with Gasteiger partial charge in [0, 0.05) is 30.5 Å². The summed E-state index contributed by atoms with van der Waals surface area (Å²) in [5, 5.41) is 0. The van der Waals surface area contributed by atoms with Crippen LogP contribution in [0.3, 0.4) is 0 Å². The highest BCUT2D eigenvalue weighted by atomic mass is 19.1. The van der Waals surface area contributed by atoms with Gasteiger partial charge in [-0.3, -0.25) is 9.79 Å². The van der Waals surface area contributed by atoms with E-state index >= 15 is 0 Å². The number of amides is 1. The van der Waals surface area contributed by atoms with Crippen molar-refractivity contribution in [2.24, 2.45) is 4.99 Å². The zero-order chi connectivity index (χ0) is 28.9. The molecule has 2 aliphatic heterocycles. The molecule has 0 spiro atoms. The van der Waals surface area contributed by atoms with Gasteiger partial charge in [0.2, 0.25) is 5.88 Å². The van der Waals surface area contributed by atoms with E-state index in [4.69, 9.17) is 18.9 Å². The first-order valence-corrected chi connectivity index (χ1v) is 13.5. The number of fused-ring (bicyclic) bond motifs is 2. The van der Waals surface area contributed by atoms with Gasteiger partial charge in [-0.2, -0.15) is 4.98 Å². The highest BCUT2D eigenvalue weighted by Gasteiger charge is 2.33. The predicted octanol–water partition coefficient (Wildman–Crippen LogP) is 5.05. The van der Waals surface area contributed by atoms with Crippen molar-refractivity contribution >= 4 is 23.8 Å². The van der Waals surface area contributed by atoms with Gasteiger partial charge >= 0.3 is 12.3 Å². The first kappa shape index (κ1) is 28.2. The Labute approximate surface area is 237 Å². The van der Waals surface area contributed by atoms with E-state index in [1.54, 1.807) is 36.2 Å². The van der Waals surface area contributed by atoms with E-state index in [-0.39, 0.29) is 41.8 Å². The molecule has 5 rings (SSSR count). The smallest absolute Gasteiger partial charge is 0.381 e. The Morgan fingerprint density at radius 3 is 2.71 bits per heavy atom. The number of halogens is 1. The number of aryl methyl sites for hydroxylation is 1. The lowest BCUT2D eigenvalue weighted by Crippen LogP contribution is -2.35. The third-order valence-electron chi connectivity index (χ3n) is 6.81. The Hall–Kier alpha value is -4.38. The van der Waals surface area contributed by atoms with E-state index < -0.39 is 12.3 Å². The van der Waals surface area contributed by atoms with Gasteiger partial charge in [0.25, 0.3) is 5.91 Å². The minimum Gasteiger partial charge on any atom is -0.493 e. The highest BCUT2D eigenvalue weighted by Crippen LogP contribution is 2.38.